The second kappa shape index (κ2) is 5.70. The van der Waals surface area contributed by atoms with E-state index < -0.39 is 0 Å². The van der Waals surface area contributed by atoms with Crippen molar-refractivity contribution in [3.63, 3.8) is 0 Å². The van der Waals surface area contributed by atoms with Crippen molar-refractivity contribution < 1.29 is 4.79 Å². The summed E-state index contributed by atoms with van der Waals surface area (Å²) in [5.41, 5.74) is 1.32. The van der Waals surface area contributed by atoms with Crippen molar-refractivity contribution >= 4 is 17.4 Å². The second-order valence-corrected chi connectivity index (χ2v) is 2.81. The Morgan fingerprint density at radius 3 is 2.38 bits per heavy atom. The number of ketones is 1. The number of halogens is 1. The van der Waals surface area contributed by atoms with Crippen LogP contribution < -0.4 is 0 Å². The molecule has 0 unspecified atom stereocenters. The number of carbonyl (C=O) groups excluding carboxylic acids is 1. The van der Waals surface area contributed by atoms with E-state index in [0.717, 1.165) is 5.56 Å². The highest BCUT2D eigenvalue weighted by Gasteiger charge is 2.04. The van der Waals surface area contributed by atoms with E-state index in [2.05, 4.69) is 4.98 Å². The lowest BCUT2D eigenvalue weighted by molar-refractivity contribution is 0.101. The van der Waals surface area contributed by atoms with Crippen LogP contribution in [0.25, 0.3) is 0 Å². The van der Waals surface area contributed by atoms with Crippen LogP contribution >= 0.6 is 11.6 Å². The van der Waals surface area contributed by atoms with Crippen molar-refractivity contribution in [2.75, 3.05) is 0 Å². The van der Waals surface area contributed by atoms with Crippen molar-refractivity contribution in [1.29, 1.82) is 0 Å². The largest absolute Gasteiger partial charge is 0.293 e. The van der Waals surface area contributed by atoms with Gasteiger partial charge in [-0.25, -0.2) is 0 Å². The Bertz CT molecular complexity index is 297. The fraction of sp³-hybridized carbons (Fsp3) is 0.400. The fourth-order valence-corrected chi connectivity index (χ4v) is 1.12. The quantitative estimate of drug-likeness (QED) is 0.650. The molecule has 0 spiro atoms. The minimum absolute atomic E-state index is 0.0285. The zero-order valence-electron chi connectivity index (χ0n) is 8.39. The van der Waals surface area contributed by atoms with Crippen LogP contribution in [0.15, 0.2) is 12.3 Å². The number of nitrogens with zero attached hydrogens (tertiary/aromatic N) is 1. The topological polar surface area (TPSA) is 30.0 Å². The lowest BCUT2D eigenvalue weighted by Crippen LogP contribution is -1.99. The minimum atomic E-state index is -0.0285. The Balaban J connectivity index is 0.000000671. The Kier molecular flexibility index (Phi) is 5.31. The lowest BCUT2D eigenvalue weighted by atomic mass is 10.2. The molecule has 72 valence electrons. The summed E-state index contributed by atoms with van der Waals surface area (Å²) in [4.78, 5) is 14.8. The second-order valence-electron chi connectivity index (χ2n) is 2.38. The molecule has 1 heterocycles. The zero-order chi connectivity index (χ0) is 10.4. The van der Waals surface area contributed by atoms with Crippen LogP contribution in [0.2, 0.25) is 5.02 Å². The zero-order valence-corrected chi connectivity index (χ0v) is 9.14. The molecule has 13 heavy (non-hydrogen) atoms. The number of carbonyl (C=O) groups is 1. The number of aromatic nitrogens is 1. The SMILES string of the molecule is CC.CC(=O)c1ncc(Cl)cc1C. The standard InChI is InChI=1S/C8H8ClNO.C2H6/c1-5-3-7(9)4-10-8(5)6(2)11;1-2/h3-4H,1-2H3;1-2H3. The lowest BCUT2D eigenvalue weighted by Gasteiger charge is -1.99. The molecule has 0 aliphatic heterocycles. The summed E-state index contributed by atoms with van der Waals surface area (Å²) >= 11 is 5.65. The molecule has 0 bridgehead atoms. The first kappa shape index (κ1) is 12.1. The van der Waals surface area contributed by atoms with Gasteiger partial charge in [0.05, 0.1) is 5.02 Å². The van der Waals surface area contributed by atoms with Crippen LogP contribution in [-0.4, -0.2) is 10.8 Å². The fourth-order valence-electron chi connectivity index (χ4n) is 0.909. The molecule has 1 aromatic heterocycles. The van der Waals surface area contributed by atoms with E-state index in [1.807, 2.05) is 20.8 Å². The van der Waals surface area contributed by atoms with Crippen LogP contribution in [0.5, 0.6) is 0 Å². The van der Waals surface area contributed by atoms with E-state index in [0.29, 0.717) is 10.7 Å². The van der Waals surface area contributed by atoms with Gasteiger partial charge in [0, 0.05) is 13.1 Å². The summed E-state index contributed by atoms with van der Waals surface area (Å²) in [5.74, 6) is -0.0285. The van der Waals surface area contributed by atoms with Crippen LogP contribution in [0.4, 0.5) is 0 Å². The van der Waals surface area contributed by atoms with Gasteiger partial charge < -0.3 is 0 Å². The molecule has 0 aromatic carbocycles. The Hall–Kier alpha value is -0.890. The van der Waals surface area contributed by atoms with Crippen molar-refractivity contribution in [3.8, 4) is 0 Å². The van der Waals surface area contributed by atoms with Crippen LogP contribution in [0, 0.1) is 6.92 Å². The number of rotatable bonds is 1. The maximum absolute atomic E-state index is 10.9. The molecule has 0 aliphatic carbocycles. The molecule has 0 atom stereocenters. The molecule has 0 radical (unpaired) electrons. The molecule has 1 aromatic rings. The molecule has 0 fully saturated rings. The first-order chi connectivity index (χ1) is 6.11. The molecule has 3 heteroatoms. The highest BCUT2D eigenvalue weighted by molar-refractivity contribution is 6.30. The third kappa shape index (κ3) is 3.55. The van der Waals surface area contributed by atoms with Gasteiger partial charge in [-0.2, -0.15) is 0 Å². The summed E-state index contributed by atoms with van der Waals surface area (Å²) in [7, 11) is 0. The highest BCUT2D eigenvalue weighted by Crippen LogP contribution is 2.11. The molecule has 1 rings (SSSR count). The monoisotopic (exact) mass is 199 g/mol. The summed E-state index contributed by atoms with van der Waals surface area (Å²) in [6.45, 7) is 7.30. The molecule has 0 amide bonds. The van der Waals surface area contributed by atoms with Gasteiger partial charge in [-0.3, -0.25) is 9.78 Å². The van der Waals surface area contributed by atoms with E-state index in [1.165, 1.54) is 13.1 Å². The van der Waals surface area contributed by atoms with Crippen molar-refractivity contribution in [2.45, 2.75) is 27.7 Å². The average Bonchev–Trinajstić information content (AvgIpc) is 2.07. The van der Waals surface area contributed by atoms with E-state index in [4.69, 9.17) is 11.6 Å². The first-order valence-corrected chi connectivity index (χ1v) is 4.62. The van der Waals surface area contributed by atoms with Crippen LogP contribution in [0.3, 0.4) is 0 Å². The van der Waals surface area contributed by atoms with Crippen LogP contribution in [-0.2, 0) is 0 Å². The predicted molar refractivity (Wildman–Crippen MR) is 55.3 cm³/mol. The number of aryl methyl sites for hydroxylation is 1. The van der Waals surface area contributed by atoms with Gasteiger partial charge in [-0.15, -0.1) is 0 Å². The number of pyridine rings is 1. The predicted octanol–water partition coefficient (Wildman–Crippen LogP) is 3.27. The molecule has 0 saturated heterocycles. The normalized spacial score (nSPS) is 8.69. The van der Waals surface area contributed by atoms with Gasteiger partial charge in [-0.1, -0.05) is 25.4 Å². The first-order valence-electron chi connectivity index (χ1n) is 4.24. The molecular formula is C10H14ClNO. The third-order valence-electron chi connectivity index (χ3n) is 1.38. The van der Waals surface area contributed by atoms with Crippen LogP contribution in [0.1, 0.15) is 36.8 Å². The van der Waals surface area contributed by atoms with Gasteiger partial charge in [0.2, 0.25) is 0 Å². The maximum Gasteiger partial charge on any atom is 0.178 e. The van der Waals surface area contributed by atoms with E-state index in [9.17, 15) is 4.79 Å². The molecule has 0 N–H and O–H groups in total. The minimum Gasteiger partial charge on any atom is -0.293 e. The summed E-state index contributed by atoms with van der Waals surface area (Å²) in [5, 5.41) is 0.563. The van der Waals surface area contributed by atoms with Gasteiger partial charge in [0.25, 0.3) is 0 Å². The molecule has 2 nitrogen and oxygen atoms in total. The highest BCUT2D eigenvalue weighted by atomic mass is 35.5. The number of Topliss-reactive ketones (excluding diaryl/α,β-unsaturated/α-hetero) is 1. The van der Waals surface area contributed by atoms with Crippen molar-refractivity contribution in [2.24, 2.45) is 0 Å². The Morgan fingerprint density at radius 2 is 2.00 bits per heavy atom. The Morgan fingerprint density at radius 1 is 1.46 bits per heavy atom. The molecular weight excluding hydrogens is 186 g/mol. The number of hydrogen-bond donors (Lipinski definition) is 0. The van der Waals surface area contributed by atoms with E-state index in [1.54, 1.807) is 6.07 Å². The Labute approximate surface area is 83.9 Å². The van der Waals surface area contributed by atoms with Crippen molar-refractivity contribution in [3.05, 3.63) is 28.5 Å². The van der Waals surface area contributed by atoms with E-state index in [-0.39, 0.29) is 5.78 Å². The van der Waals surface area contributed by atoms with E-state index >= 15 is 0 Å². The smallest absolute Gasteiger partial charge is 0.178 e. The van der Waals surface area contributed by atoms with Gasteiger partial charge >= 0.3 is 0 Å². The van der Waals surface area contributed by atoms with Gasteiger partial charge in [0.1, 0.15) is 5.69 Å². The average molecular weight is 200 g/mol. The van der Waals surface area contributed by atoms with Gasteiger partial charge in [-0.05, 0) is 18.6 Å². The molecule has 0 aliphatic rings. The summed E-state index contributed by atoms with van der Waals surface area (Å²) in [6.07, 6.45) is 1.48. The van der Waals surface area contributed by atoms with Gasteiger partial charge in [0.15, 0.2) is 5.78 Å². The molecule has 0 saturated carbocycles. The summed E-state index contributed by atoms with van der Waals surface area (Å²) in [6, 6.07) is 1.73. The maximum atomic E-state index is 10.9. The van der Waals surface area contributed by atoms with Crippen molar-refractivity contribution in [1.82, 2.24) is 4.98 Å². The summed E-state index contributed by atoms with van der Waals surface area (Å²) < 4.78 is 0. The number of hydrogen-bond acceptors (Lipinski definition) is 2. The third-order valence-corrected chi connectivity index (χ3v) is 1.59.